The maximum absolute atomic E-state index is 11.7. The maximum Gasteiger partial charge on any atom is 0.266 e. The summed E-state index contributed by atoms with van der Waals surface area (Å²) in [5.41, 5.74) is 0.507. The van der Waals surface area contributed by atoms with Crippen LogP contribution in [0.25, 0.3) is 0 Å². The molecule has 0 radical (unpaired) electrons. The highest BCUT2D eigenvalue weighted by atomic mass is 32.2. The number of ether oxygens (including phenoxy) is 1. The molecule has 0 aliphatic heterocycles. The molecule has 0 saturated carbocycles. The number of hydrogen-bond acceptors (Lipinski definition) is 6. The lowest BCUT2D eigenvalue weighted by Crippen LogP contribution is -2.34. The van der Waals surface area contributed by atoms with Gasteiger partial charge in [0, 0.05) is 12.8 Å². The summed E-state index contributed by atoms with van der Waals surface area (Å²) in [7, 11) is -3.72. The van der Waals surface area contributed by atoms with Crippen molar-refractivity contribution in [3.63, 3.8) is 0 Å². The molecule has 0 fully saturated rings. The Hall–Kier alpha value is -1.51. The summed E-state index contributed by atoms with van der Waals surface area (Å²) in [6, 6.07) is 2.84. The Morgan fingerprint density at radius 1 is 1.47 bits per heavy atom. The highest BCUT2D eigenvalue weighted by molar-refractivity contribution is 7.90. The fourth-order valence-electron chi connectivity index (χ4n) is 1.22. The van der Waals surface area contributed by atoms with Crippen molar-refractivity contribution >= 4 is 15.9 Å². The van der Waals surface area contributed by atoms with E-state index in [1.165, 1.54) is 18.3 Å². The van der Waals surface area contributed by atoms with Gasteiger partial charge in [0.15, 0.2) is 0 Å². The first-order chi connectivity index (χ1) is 8.98. The van der Waals surface area contributed by atoms with Crippen LogP contribution < -0.4 is 4.72 Å². The van der Waals surface area contributed by atoms with Crippen LogP contribution in [0.3, 0.4) is 0 Å². The molecule has 1 rings (SSSR count). The Balaban J connectivity index is 2.62. The number of rotatable bonds is 7. The SMILES string of the molecule is CCOCCS(=O)(=O)NC(=O)c1ccc(CO)nc1. The minimum Gasteiger partial charge on any atom is -0.390 e. The fraction of sp³-hybridized carbons (Fsp3) is 0.455. The average molecular weight is 288 g/mol. The lowest BCUT2D eigenvalue weighted by molar-refractivity contribution is 0.0980. The van der Waals surface area contributed by atoms with E-state index in [2.05, 4.69) is 4.98 Å². The Labute approximate surface area is 111 Å². The average Bonchev–Trinajstić information content (AvgIpc) is 2.38. The van der Waals surface area contributed by atoms with Crippen molar-refractivity contribution in [3.05, 3.63) is 29.6 Å². The first-order valence-electron chi connectivity index (χ1n) is 5.67. The summed E-state index contributed by atoms with van der Waals surface area (Å²) >= 11 is 0. The van der Waals surface area contributed by atoms with Crippen LogP contribution in [0, 0.1) is 0 Å². The smallest absolute Gasteiger partial charge is 0.266 e. The van der Waals surface area contributed by atoms with Gasteiger partial charge in [0.25, 0.3) is 5.91 Å². The molecule has 0 bridgehead atoms. The maximum atomic E-state index is 11.7. The van der Waals surface area contributed by atoms with Crippen LogP contribution in [0.1, 0.15) is 23.0 Å². The molecule has 0 saturated heterocycles. The van der Waals surface area contributed by atoms with Gasteiger partial charge in [-0.15, -0.1) is 0 Å². The van der Waals surface area contributed by atoms with Crippen LogP contribution in [-0.2, 0) is 21.4 Å². The van der Waals surface area contributed by atoms with Crippen LogP contribution in [0.2, 0.25) is 0 Å². The van der Waals surface area contributed by atoms with E-state index in [0.29, 0.717) is 12.3 Å². The molecule has 106 valence electrons. The van der Waals surface area contributed by atoms with Crippen molar-refractivity contribution < 1.29 is 23.1 Å². The van der Waals surface area contributed by atoms with Crippen molar-refractivity contribution in [2.24, 2.45) is 0 Å². The molecule has 0 atom stereocenters. The van der Waals surface area contributed by atoms with E-state index >= 15 is 0 Å². The summed E-state index contributed by atoms with van der Waals surface area (Å²) in [6.45, 7) is 1.95. The first kappa shape index (κ1) is 15.5. The molecule has 1 heterocycles. The van der Waals surface area contributed by atoms with Gasteiger partial charge in [-0.2, -0.15) is 0 Å². The van der Waals surface area contributed by atoms with Crippen LogP contribution in [0.5, 0.6) is 0 Å². The lowest BCUT2D eigenvalue weighted by atomic mass is 10.2. The molecule has 0 unspecified atom stereocenters. The lowest BCUT2D eigenvalue weighted by Gasteiger charge is -2.07. The molecule has 1 aromatic heterocycles. The van der Waals surface area contributed by atoms with Crippen LogP contribution >= 0.6 is 0 Å². The normalized spacial score (nSPS) is 11.3. The quantitative estimate of drug-likeness (QED) is 0.666. The number of carbonyl (C=O) groups is 1. The highest BCUT2D eigenvalue weighted by Crippen LogP contribution is 2.01. The molecule has 0 aliphatic rings. The highest BCUT2D eigenvalue weighted by Gasteiger charge is 2.16. The molecule has 2 N–H and O–H groups in total. The minimum atomic E-state index is -3.72. The van der Waals surface area contributed by atoms with Crippen molar-refractivity contribution in [3.8, 4) is 0 Å². The van der Waals surface area contributed by atoms with E-state index in [1.807, 2.05) is 4.72 Å². The second-order valence-corrected chi connectivity index (χ2v) is 5.49. The first-order valence-corrected chi connectivity index (χ1v) is 7.32. The standard InChI is InChI=1S/C11H16N2O5S/c1-2-18-5-6-19(16,17)13-11(15)9-3-4-10(8-14)12-7-9/h3-4,7,14H,2,5-6,8H2,1H3,(H,13,15). The summed E-state index contributed by atoms with van der Waals surface area (Å²) < 4.78 is 29.9. The summed E-state index contributed by atoms with van der Waals surface area (Å²) in [6.07, 6.45) is 1.21. The zero-order valence-electron chi connectivity index (χ0n) is 10.5. The van der Waals surface area contributed by atoms with Gasteiger partial charge < -0.3 is 9.84 Å². The Morgan fingerprint density at radius 3 is 2.74 bits per heavy atom. The van der Waals surface area contributed by atoms with Crippen LogP contribution in [0.4, 0.5) is 0 Å². The summed E-state index contributed by atoms with van der Waals surface area (Å²) in [4.78, 5) is 15.5. The molecule has 0 aliphatic carbocycles. The van der Waals surface area contributed by atoms with Gasteiger partial charge in [-0.1, -0.05) is 0 Å². The number of aliphatic hydroxyl groups is 1. The number of nitrogens with zero attached hydrogens (tertiary/aromatic N) is 1. The van der Waals surface area contributed by atoms with E-state index < -0.39 is 15.9 Å². The molecule has 8 heteroatoms. The summed E-state index contributed by atoms with van der Waals surface area (Å²) in [5, 5.41) is 8.80. The number of nitrogens with one attached hydrogen (secondary N) is 1. The number of sulfonamides is 1. The van der Waals surface area contributed by atoms with Crippen molar-refractivity contribution in [1.29, 1.82) is 0 Å². The third-order valence-electron chi connectivity index (χ3n) is 2.20. The predicted molar refractivity (Wildman–Crippen MR) is 67.9 cm³/mol. The summed E-state index contributed by atoms with van der Waals surface area (Å²) in [5.74, 6) is -1.04. The molecule has 7 nitrogen and oxygen atoms in total. The largest absolute Gasteiger partial charge is 0.390 e. The van der Waals surface area contributed by atoms with E-state index in [0.717, 1.165) is 0 Å². The molecule has 0 aromatic carbocycles. The van der Waals surface area contributed by atoms with E-state index in [9.17, 15) is 13.2 Å². The zero-order valence-corrected chi connectivity index (χ0v) is 11.3. The third kappa shape index (κ3) is 5.33. The van der Waals surface area contributed by atoms with Gasteiger partial charge in [-0.3, -0.25) is 9.78 Å². The number of pyridine rings is 1. The monoisotopic (exact) mass is 288 g/mol. The van der Waals surface area contributed by atoms with Gasteiger partial charge >= 0.3 is 0 Å². The second-order valence-electron chi connectivity index (χ2n) is 3.64. The molecular formula is C11H16N2O5S. The van der Waals surface area contributed by atoms with Gasteiger partial charge in [0.2, 0.25) is 10.0 Å². The number of amides is 1. The van der Waals surface area contributed by atoms with E-state index in [1.54, 1.807) is 6.92 Å². The third-order valence-corrected chi connectivity index (χ3v) is 3.40. The Kier molecular flexibility index (Phi) is 5.87. The topological polar surface area (TPSA) is 106 Å². The van der Waals surface area contributed by atoms with Crippen molar-refractivity contribution in [2.45, 2.75) is 13.5 Å². The second kappa shape index (κ2) is 7.17. The van der Waals surface area contributed by atoms with Crippen LogP contribution in [0.15, 0.2) is 18.3 Å². The molecular weight excluding hydrogens is 272 g/mol. The molecule has 0 spiro atoms. The van der Waals surface area contributed by atoms with Gasteiger partial charge in [-0.05, 0) is 19.1 Å². The Bertz CT molecular complexity index is 512. The number of carbonyl (C=O) groups excluding carboxylic acids is 1. The van der Waals surface area contributed by atoms with Crippen molar-refractivity contribution in [2.75, 3.05) is 19.0 Å². The zero-order chi connectivity index (χ0) is 14.3. The van der Waals surface area contributed by atoms with E-state index in [4.69, 9.17) is 9.84 Å². The number of hydrogen-bond donors (Lipinski definition) is 2. The predicted octanol–water partition coefficient (Wildman–Crippen LogP) is -0.330. The van der Waals surface area contributed by atoms with Gasteiger partial charge in [0.1, 0.15) is 0 Å². The molecule has 1 aromatic rings. The fourth-order valence-corrected chi connectivity index (χ4v) is 2.06. The number of aromatic nitrogens is 1. The van der Waals surface area contributed by atoms with Crippen LogP contribution in [-0.4, -0.2) is 43.4 Å². The Morgan fingerprint density at radius 2 is 2.21 bits per heavy atom. The van der Waals surface area contributed by atoms with Gasteiger partial charge in [-0.25, -0.2) is 13.1 Å². The van der Waals surface area contributed by atoms with Gasteiger partial charge in [0.05, 0.1) is 30.2 Å². The molecule has 1 amide bonds. The van der Waals surface area contributed by atoms with E-state index in [-0.39, 0.29) is 24.5 Å². The number of aliphatic hydroxyl groups excluding tert-OH is 1. The minimum absolute atomic E-state index is 0.0286. The van der Waals surface area contributed by atoms with Crippen molar-refractivity contribution in [1.82, 2.24) is 9.71 Å². The molecule has 19 heavy (non-hydrogen) atoms.